The summed E-state index contributed by atoms with van der Waals surface area (Å²) in [6.07, 6.45) is 7.92. The molecule has 4 aliphatic carbocycles. The topological polar surface area (TPSA) is 35.6 Å². The minimum atomic E-state index is 0.353. The van der Waals surface area contributed by atoms with E-state index in [1.807, 2.05) is 0 Å². The molecule has 5 fully saturated rings. The van der Waals surface area contributed by atoms with Crippen LogP contribution in [-0.4, -0.2) is 62.0 Å². The van der Waals surface area contributed by atoms with E-state index in [-0.39, 0.29) is 0 Å². The summed E-state index contributed by atoms with van der Waals surface area (Å²) in [5.74, 6) is 4.08. The van der Waals surface area contributed by atoms with Crippen LogP contribution in [0.3, 0.4) is 0 Å². The number of carbonyl (C=O) groups is 1. The summed E-state index contributed by atoms with van der Waals surface area (Å²) in [5.41, 5.74) is 0. The molecule has 1 amide bonds. The van der Waals surface area contributed by atoms with Crippen molar-refractivity contribution >= 4 is 5.91 Å². The number of nitrogens with zero attached hydrogens (tertiary/aromatic N) is 2. The molecule has 5 rings (SSSR count). The molecule has 0 atom stereocenters. The fraction of sp³-hybridized carbons (Fsp3) is 0.947. The number of nitrogens with one attached hydrogen (secondary N) is 1. The second-order valence-corrected chi connectivity index (χ2v) is 8.75. The number of amides is 1. The molecule has 4 heteroatoms. The van der Waals surface area contributed by atoms with Gasteiger partial charge < -0.3 is 15.1 Å². The van der Waals surface area contributed by atoms with Gasteiger partial charge in [0.1, 0.15) is 0 Å². The SMILES string of the molecule is CN1CCN(CCCNC(=O)C2C3CC4CC(C3)CC2C4)CC1. The lowest BCUT2D eigenvalue weighted by molar-refractivity contribution is -0.138. The van der Waals surface area contributed by atoms with Crippen LogP contribution in [0.25, 0.3) is 0 Å². The number of hydrogen-bond donors (Lipinski definition) is 1. The van der Waals surface area contributed by atoms with Gasteiger partial charge in [-0.05, 0) is 75.8 Å². The van der Waals surface area contributed by atoms with Crippen LogP contribution in [0.1, 0.15) is 38.5 Å². The monoisotopic (exact) mass is 319 g/mol. The van der Waals surface area contributed by atoms with Crippen LogP contribution < -0.4 is 5.32 Å². The van der Waals surface area contributed by atoms with Crippen LogP contribution in [-0.2, 0) is 4.79 Å². The number of likely N-dealkylation sites (N-methyl/N-ethyl adjacent to an activating group) is 1. The van der Waals surface area contributed by atoms with Crippen LogP contribution in [0.2, 0.25) is 0 Å². The van der Waals surface area contributed by atoms with Crippen molar-refractivity contribution in [3.8, 4) is 0 Å². The second kappa shape index (κ2) is 6.72. The normalized spacial score (nSPS) is 40.5. The molecule has 5 aliphatic rings. The molecule has 1 heterocycles. The van der Waals surface area contributed by atoms with E-state index in [0.717, 1.165) is 31.3 Å². The van der Waals surface area contributed by atoms with Crippen LogP contribution in [0, 0.1) is 29.6 Å². The fourth-order valence-electron chi connectivity index (χ4n) is 6.06. The largest absolute Gasteiger partial charge is 0.356 e. The van der Waals surface area contributed by atoms with E-state index in [2.05, 4.69) is 22.2 Å². The Hall–Kier alpha value is -0.610. The highest BCUT2D eigenvalue weighted by molar-refractivity contribution is 5.79. The van der Waals surface area contributed by atoms with Crippen LogP contribution >= 0.6 is 0 Å². The van der Waals surface area contributed by atoms with Gasteiger partial charge in [0.05, 0.1) is 0 Å². The van der Waals surface area contributed by atoms with Crippen molar-refractivity contribution in [3.05, 3.63) is 0 Å². The first-order valence-electron chi connectivity index (χ1n) is 9.87. The molecule has 130 valence electrons. The van der Waals surface area contributed by atoms with E-state index in [0.29, 0.717) is 23.7 Å². The van der Waals surface area contributed by atoms with Crippen molar-refractivity contribution in [2.45, 2.75) is 38.5 Å². The average Bonchev–Trinajstić information content (AvgIpc) is 2.52. The van der Waals surface area contributed by atoms with Crippen LogP contribution in [0.4, 0.5) is 0 Å². The highest BCUT2D eigenvalue weighted by Crippen LogP contribution is 2.56. The van der Waals surface area contributed by atoms with Crippen LogP contribution in [0.5, 0.6) is 0 Å². The Bertz CT molecular complexity index is 402. The molecule has 0 radical (unpaired) electrons. The summed E-state index contributed by atoms with van der Waals surface area (Å²) in [6.45, 7) is 6.73. The van der Waals surface area contributed by atoms with Gasteiger partial charge in [0.25, 0.3) is 0 Å². The summed E-state index contributed by atoms with van der Waals surface area (Å²) < 4.78 is 0. The van der Waals surface area contributed by atoms with E-state index in [1.54, 1.807) is 0 Å². The van der Waals surface area contributed by atoms with E-state index < -0.39 is 0 Å². The number of piperazine rings is 1. The summed E-state index contributed by atoms with van der Waals surface area (Å²) in [4.78, 5) is 17.6. The Morgan fingerprint density at radius 1 is 0.957 bits per heavy atom. The molecule has 1 N–H and O–H groups in total. The van der Waals surface area contributed by atoms with Gasteiger partial charge in [0.2, 0.25) is 5.91 Å². The maximum atomic E-state index is 12.7. The lowest BCUT2D eigenvalue weighted by Crippen LogP contribution is -2.51. The smallest absolute Gasteiger partial charge is 0.223 e. The summed E-state index contributed by atoms with van der Waals surface area (Å²) in [7, 11) is 2.20. The van der Waals surface area contributed by atoms with Gasteiger partial charge in [-0.3, -0.25) is 4.79 Å². The Labute approximate surface area is 141 Å². The highest BCUT2D eigenvalue weighted by atomic mass is 16.1. The van der Waals surface area contributed by atoms with Crippen molar-refractivity contribution in [2.24, 2.45) is 29.6 Å². The van der Waals surface area contributed by atoms with Gasteiger partial charge in [-0.2, -0.15) is 0 Å². The predicted octanol–water partition coefficient (Wildman–Crippen LogP) is 1.81. The maximum Gasteiger partial charge on any atom is 0.223 e. The molecule has 0 unspecified atom stereocenters. The minimum Gasteiger partial charge on any atom is -0.356 e. The lowest BCUT2D eigenvalue weighted by atomic mass is 9.51. The molecular weight excluding hydrogens is 286 g/mol. The molecule has 1 saturated heterocycles. The molecular formula is C19H33N3O. The molecule has 4 nitrogen and oxygen atoms in total. The zero-order valence-electron chi connectivity index (χ0n) is 14.7. The standard InChI is InChI=1S/C19H33N3O/c1-21-5-7-22(8-6-21)4-2-3-20-19(23)18-16-10-14-9-15(12-16)13-17(18)11-14/h14-18H,2-13H2,1H3,(H,20,23). The van der Waals surface area contributed by atoms with Gasteiger partial charge in [-0.25, -0.2) is 0 Å². The number of rotatable bonds is 5. The first-order chi connectivity index (χ1) is 11.2. The van der Waals surface area contributed by atoms with Crippen LogP contribution in [0.15, 0.2) is 0 Å². The third-order valence-corrected chi connectivity index (χ3v) is 7.08. The van der Waals surface area contributed by atoms with Gasteiger partial charge in [-0.15, -0.1) is 0 Å². The van der Waals surface area contributed by atoms with Crippen molar-refractivity contribution in [1.82, 2.24) is 15.1 Å². The Morgan fingerprint density at radius 2 is 1.57 bits per heavy atom. The van der Waals surface area contributed by atoms with E-state index in [9.17, 15) is 4.79 Å². The third-order valence-electron chi connectivity index (χ3n) is 7.08. The van der Waals surface area contributed by atoms with Crippen molar-refractivity contribution in [1.29, 1.82) is 0 Å². The molecule has 0 aromatic heterocycles. The first kappa shape index (κ1) is 15.9. The van der Waals surface area contributed by atoms with Gasteiger partial charge in [-0.1, -0.05) is 0 Å². The van der Waals surface area contributed by atoms with Crippen molar-refractivity contribution in [2.75, 3.05) is 46.3 Å². The minimum absolute atomic E-state index is 0.353. The molecule has 0 spiro atoms. The quantitative estimate of drug-likeness (QED) is 0.785. The molecule has 0 aromatic carbocycles. The van der Waals surface area contributed by atoms with Gasteiger partial charge >= 0.3 is 0 Å². The Morgan fingerprint density at radius 3 is 2.17 bits per heavy atom. The summed E-state index contributed by atoms with van der Waals surface area (Å²) in [6, 6.07) is 0. The Balaban J connectivity index is 1.19. The highest BCUT2D eigenvalue weighted by Gasteiger charge is 2.50. The zero-order valence-corrected chi connectivity index (χ0v) is 14.7. The molecule has 23 heavy (non-hydrogen) atoms. The van der Waals surface area contributed by atoms with E-state index in [1.165, 1.54) is 58.3 Å². The molecule has 1 aliphatic heterocycles. The maximum absolute atomic E-state index is 12.7. The van der Waals surface area contributed by atoms with Crippen molar-refractivity contribution < 1.29 is 4.79 Å². The van der Waals surface area contributed by atoms with Gasteiger partial charge in [0, 0.05) is 38.6 Å². The summed E-state index contributed by atoms with van der Waals surface area (Å²) >= 11 is 0. The van der Waals surface area contributed by atoms with E-state index in [4.69, 9.17) is 0 Å². The van der Waals surface area contributed by atoms with E-state index >= 15 is 0 Å². The average molecular weight is 319 g/mol. The van der Waals surface area contributed by atoms with Crippen molar-refractivity contribution in [3.63, 3.8) is 0 Å². The Kier molecular flexibility index (Phi) is 4.64. The van der Waals surface area contributed by atoms with Gasteiger partial charge in [0.15, 0.2) is 0 Å². The molecule has 4 bridgehead atoms. The number of hydrogen-bond acceptors (Lipinski definition) is 3. The zero-order chi connectivity index (χ0) is 15.8. The molecule has 4 saturated carbocycles. The fourth-order valence-corrected chi connectivity index (χ4v) is 6.06. The summed E-state index contributed by atoms with van der Waals surface area (Å²) in [5, 5.41) is 3.28. The predicted molar refractivity (Wildman–Crippen MR) is 92.1 cm³/mol. The lowest BCUT2D eigenvalue weighted by Gasteiger charge is -2.53. The molecule has 0 aromatic rings. The number of carbonyl (C=O) groups excluding carboxylic acids is 1. The second-order valence-electron chi connectivity index (χ2n) is 8.75. The third kappa shape index (κ3) is 3.43. The first-order valence-corrected chi connectivity index (χ1v) is 9.87.